The second kappa shape index (κ2) is 8.42. The number of phenolic OH excluding ortho intramolecular Hbond substituents is 1. The fourth-order valence-electron chi connectivity index (χ4n) is 1.73. The zero-order chi connectivity index (χ0) is 17.4. The predicted octanol–water partition coefficient (Wildman–Crippen LogP) is 0.848. The largest absolute Gasteiger partial charge is 0.504 e. The van der Waals surface area contributed by atoms with Crippen LogP contribution in [0.3, 0.4) is 0 Å². The molecule has 1 atom stereocenters. The molecular formula is C15H17NO7. The molecule has 0 saturated carbocycles. The molecule has 124 valence electrons. The summed E-state index contributed by atoms with van der Waals surface area (Å²) in [6.07, 6.45) is 1.89. The molecule has 0 fully saturated rings. The lowest BCUT2D eigenvalue weighted by atomic mass is 10.1. The number of methoxy groups -OCH3 is 1. The highest BCUT2D eigenvalue weighted by molar-refractivity contribution is 5.94. The molecule has 0 aliphatic rings. The molecule has 23 heavy (non-hydrogen) atoms. The lowest BCUT2D eigenvalue weighted by Gasteiger charge is -2.11. The maximum absolute atomic E-state index is 11.7. The molecule has 0 heterocycles. The second-order valence-electron chi connectivity index (χ2n) is 4.60. The highest BCUT2D eigenvalue weighted by Crippen LogP contribution is 2.26. The van der Waals surface area contributed by atoms with Crippen LogP contribution in [-0.2, 0) is 14.4 Å². The average Bonchev–Trinajstić information content (AvgIpc) is 2.49. The first-order valence-corrected chi connectivity index (χ1v) is 6.63. The zero-order valence-electron chi connectivity index (χ0n) is 12.4. The van der Waals surface area contributed by atoms with E-state index in [1.807, 2.05) is 0 Å². The first-order chi connectivity index (χ1) is 10.8. The van der Waals surface area contributed by atoms with E-state index in [0.717, 1.165) is 6.08 Å². The number of carboxylic acid groups (broad SMARTS) is 2. The first-order valence-electron chi connectivity index (χ1n) is 6.63. The maximum atomic E-state index is 11.7. The maximum Gasteiger partial charge on any atom is 0.326 e. The lowest BCUT2D eigenvalue weighted by Crippen LogP contribution is -2.40. The van der Waals surface area contributed by atoms with Crippen LogP contribution in [0, 0.1) is 0 Å². The Bertz CT molecular complexity index is 624. The van der Waals surface area contributed by atoms with Crippen molar-refractivity contribution in [3.05, 3.63) is 29.8 Å². The molecule has 4 N–H and O–H groups in total. The fourth-order valence-corrected chi connectivity index (χ4v) is 1.73. The lowest BCUT2D eigenvalue weighted by molar-refractivity contribution is -0.142. The van der Waals surface area contributed by atoms with Gasteiger partial charge in [-0.3, -0.25) is 9.59 Å². The molecule has 0 spiro atoms. The highest BCUT2D eigenvalue weighted by atomic mass is 16.5. The van der Waals surface area contributed by atoms with Crippen molar-refractivity contribution in [2.24, 2.45) is 0 Å². The van der Waals surface area contributed by atoms with E-state index in [-0.39, 0.29) is 24.3 Å². The van der Waals surface area contributed by atoms with Gasteiger partial charge in [-0.1, -0.05) is 6.07 Å². The summed E-state index contributed by atoms with van der Waals surface area (Å²) in [6, 6.07) is 3.20. The van der Waals surface area contributed by atoms with Crippen molar-refractivity contribution < 1.29 is 34.4 Å². The van der Waals surface area contributed by atoms with Gasteiger partial charge in [0.05, 0.1) is 7.11 Å². The third kappa shape index (κ3) is 6.08. The van der Waals surface area contributed by atoms with Crippen LogP contribution >= 0.6 is 0 Å². The Balaban J connectivity index is 2.68. The van der Waals surface area contributed by atoms with E-state index < -0.39 is 23.9 Å². The highest BCUT2D eigenvalue weighted by Gasteiger charge is 2.19. The predicted molar refractivity (Wildman–Crippen MR) is 80.1 cm³/mol. The monoisotopic (exact) mass is 323 g/mol. The number of carbonyl (C=O) groups is 3. The van der Waals surface area contributed by atoms with Gasteiger partial charge in [-0.25, -0.2) is 4.79 Å². The topological polar surface area (TPSA) is 133 Å². The molecule has 1 unspecified atom stereocenters. The molecule has 1 rings (SSSR count). The van der Waals surface area contributed by atoms with E-state index in [1.54, 1.807) is 6.07 Å². The number of carboxylic acids is 2. The molecule has 1 aromatic carbocycles. The molecule has 1 aromatic rings. The number of carbonyl (C=O) groups excluding carboxylic acids is 1. The Morgan fingerprint density at radius 2 is 2.00 bits per heavy atom. The summed E-state index contributed by atoms with van der Waals surface area (Å²) >= 11 is 0. The normalized spacial score (nSPS) is 11.9. The van der Waals surface area contributed by atoms with Crippen LogP contribution in [0.1, 0.15) is 18.4 Å². The van der Waals surface area contributed by atoms with Gasteiger partial charge in [0, 0.05) is 12.5 Å². The van der Waals surface area contributed by atoms with E-state index in [0.29, 0.717) is 5.56 Å². The van der Waals surface area contributed by atoms with Crippen molar-refractivity contribution in [2.45, 2.75) is 18.9 Å². The molecule has 0 radical (unpaired) electrons. The SMILES string of the molecule is COc1ccc(C=CC(=O)NC(CCC(=O)O)C(=O)O)cc1O. The van der Waals surface area contributed by atoms with E-state index >= 15 is 0 Å². The molecule has 8 heteroatoms. The minimum atomic E-state index is -1.31. The molecule has 0 bridgehead atoms. The summed E-state index contributed by atoms with van der Waals surface area (Å²) < 4.78 is 4.88. The van der Waals surface area contributed by atoms with Crippen molar-refractivity contribution in [2.75, 3.05) is 7.11 Å². The Morgan fingerprint density at radius 1 is 1.30 bits per heavy atom. The minimum Gasteiger partial charge on any atom is -0.504 e. The number of hydrogen-bond acceptors (Lipinski definition) is 5. The van der Waals surface area contributed by atoms with Crippen LogP contribution in [0.4, 0.5) is 0 Å². The van der Waals surface area contributed by atoms with E-state index in [1.165, 1.54) is 25.3 Å². The number of phenols is 1. The van der Waals surface area contributed by atoms with Crippen LogP contribution in [0.15, 0.2) is 24.3 Å². The van der Waals surface area contributed by atoms with Gasteiger partial charge < -0.3 is 25.4 Å². The third-order valence-electron chi connectivity index (χ3n) is 2.89. The Hall–Kier alpha value is -3.03. The summed E-state index contributed by atoms with van der Waals surface area (Å²) in [5.74, 6) is -2.95. The summed E-state index contributed by atoms with van der Waals surface area (Å²) in [7, 11) is 1.40. The number of hydrogen-bond donors (Lipinski definition) is 4. The number of ether oxygens (including phenoxy) is 1. The number of amides is 1. The zero-order valence-corrected chi connectivity index (χ0v) is 12.4. The molecule has 1 amide bonds. The number of aromatic hydroxyl groups is 1. The van der Waals surface area contributed by atoms with Gasteiger partial charge in [0.2, 0.25) is 5.91 Å². The molecule has 0 aliphatic carbocycles. The van der Waals surface area contributed by atoms with Gasteiger partial charge >= 0.3 is 11.9 Å². The van der Waals surface area contributed by atoms with Crippen LogP contribution in [0.2, 0.25) is 0 Å². The van der Waals surface area contributed by atoms with Crippen LogP contribution in [-0.4, -0.2) is 46.3 Å². The average molecular weight is 323 g/mol. The molecule has 0 aromatic heterocycles. The van der Waals surface area contributed by atoms with Gasteiger partial charge in [-0.15, -0.1) is 0 Å². The van der Waals surface area contributed by atoms with Gasteiger partial charge in [-0.2, -0.15) is 0 Å². The van der Waals surface area contributed by atoms with Crippen molar-refractivity contribution in [3.8, 4) is 11.5 Å². The van der Waals surface area contributed by atoms with Crippen molar-refractivity contribution >= 4 is 23.9 Å². The number of rotatable bonds is 8. The first kappa shape index (κ1) is 18.0. The number of benzene rings is 1. The summed E-state index contributed by atoms with van der Waals surface area (Å²) in [4.78, 5) is 33.1. The summed E-state index contributed by atoms with van der Waals surface area (Å²) in [5.41, 5.74) is 0.510. The fraction of sp³-hybridized carbons (Fsp3) is 0.267. The Kier molecular flexibility index (Phi) is 6.60. The Labute approximate surface area is 132 Å². The number of aliphatic carboxylic acids is 2. The van der Waals surface area contributed by atoms with Gasteiger partial charge in [-0.05, 0) is 30.2 Å². The second-order valence-corrected chi connectivity index (χ2v) is 4.60. The number of nitrogens with one attached hydrogen (secondary N) is 1. The van der Waals surface area contributed by atoms with E-state index in [4.69, 9.17) is 14.9 Å². The van der Waals surface area contributed by atoms with Crippen LogP contribution in [0.5, 0.6) is 11.5 Å². The molecule has 8 nitrogen and oxygen atoms in total. The molecule has 0 saturated heterocycles. The summed E-state index contributed by atoms with van der Waals surface area (Å²) in [6.45, 7) is 0. The third-order valence-corrected chi connectivity index (χ3v) is 2.89. The smallest absolute Gasteiger partial charge is 0.326 e. The van der Waals surface area contributed by atoms with E-state index in [2.05, 4.69) is 5.32 Å². The molecular weight excluding hydrogens is 306 g/mol. The van der Waals surface area contributed by atoms with Crippen molar-refractivity contribution in [1.29, 1.82) is 0 Å². The van der Waals surface area contributed by atoms with Gasteiger partial charge in [0.1, 0.15) is 6.04 Å². The standard InChI is InChI=1S/C15H17NO7/c1-23-12-5-2-9(8-11(12)17)3-6-13(18)16-10(15(21)22)4-7-14(19)20/h2-3,5-6,8,10,17H,4,7H2,1H3,(H,16,18)(H,19,20)(H,21,22). The van der Waals surface area contributed by atoms with Crippen molar-refractivity contribution in [3.63, 3.8) is 0 Å². The Morgan fingerprint density at radius 3 is 2.52 bits per heavy atom. The quantitative estimate of drug-likeness (QED) is 0.521. The minimum absolute atomic E-state index is 0.0973. The van der Waals surface area contributed by atoms with Crippen LogP contribution in [0.25, 0.3) is 6.08 Å². The van der Waals surface area contributed by atoms with Crippen LogP contribution < -0.4 is 10.1 Å². The summed E-state index contributed by atoms with van der Waals surface area (Å²) in [5, 5.41) is 29.3. The molecule has 0 aliphatic heterocycles. The van der Waals surface area contributed by atoms with E-state index in [9.17, 15) is 19.5 Å². The van der Waals surface area contributed by atoms with Gasteiger partial charge in [0.15, 0.2) is 11.5 Å². The van der Waals surface area contributed by atoms with Gasteiger partial charge in [0.25, 0.3) is 0 Å². The van der Waals surface area contributed by atoms with Crippen molar-refractivity contribution in [1.82, 2.24) is 5.32 Å².